The minimum atomic E-state index is -0.0465. The first-order valence-corrected chi connectivity index (χ1v) is 10.9. The minimum absolute atomic E-state index is 0.00708. The molecule has 1 aromatic heterocycles. The highest BCUT2D eigenvalue weighted by Crippen LogP contribution is 2.29. The third-order valence-corrected chi connectivity index (χ3v) is 6.29. The summed E-state index contributed by atoms with van der Waals surface area (Å²) in [6.45, 7) is 11.0. The van der Waals surface area contributed by atoms with Crippen LogP contribution in [0.15, 0.2) is 41.2 Å². The van der Waals surface area contributed by atoms with Gasteiger partial charge in [-0.05, 0) is 55.5 Å². The minimum Gasteiger partial charge on any atom is -0.372 e. The monoisotopic (exact) mass is 395 g/mol. The quantitative estimate of drug-likeness (QED) is 0.794. The molecule has 1 atom stereocenters. The van der Waals surface area contributed by atoms with Gasteiger partial charge in [0.2, 0.25) is 0 Å². The maximum absolute atomic E-state index is 12.3. The van der Waals surface area contributed by atoms with E-state index < -0.39 is 0 Å². The van der Waals surface area contributed by atoms with Crippen LogP contribution in [-0.4, -0.2) is 40.9 Å². The Kier molecular flexibility index (Phi) is 5.88. The van der Waals surface area contributed by atoms with E-state index in [1.54, 1.807) is 10.7 Å². The van der Waals surface area contributed by atoms with Crippen molar-refractivity contribution in [3.05, 3.63) is 63.6 Å². The number of rotatable bonds is 4. The average Bonchev–Trinajstić information content (AvgIpc) is 2.70. The van der Waals surface area contributed by atoms with Gasteiger partial charge in [0.05, 0.1) is 18.4 Å². The molecule has 0 spiro atoms. The number of ether oxygens (including phenoxy) is 1. The number of fused-ring (bicyclic) bond motifs is 1. The van der Waals surface area contributed by atoms with Crippen LogP contribution in [0.1, 0.15) is 56.5 Å². The molecule has 2 aliphatic heterocycles. The number of benzene rings is 1. The van der Waals surface area contributed by atoms with Crippen molar-refractivity contribution in [3.8, 4) is 0 Å². The fourth-order valence-corrected chi connectivity index (χ4v) is 4.44. The predicted octanol–water partition coefficient (Wildman–Crippen LogP) is 3.57. The van der Waals surface area contributed by atoms with Gasteiger partial charge >= 0.3 is 0 Å². The lowest BCUT2D eigenvalue weighted by atomic mass is 9.92. The maximum atomic E-state index is 12.3. The van der Waals surface area contributed by atoms with Gasteiger partial charge in [0.1, 0.15) is 0 Å². The lowest BCUT2D eigenvalue weighted by molar-refractivity contribution is 0.00780. The first kappa shape index (κ1) is 20.3. The van der Waals surface area contributed by atoms with E-state index in [1.807, 2.05) is 6.07 Å². The van der Waals surface area contributed by atoms with Crippen LogP contribution in [0.3, 0.4) is 0 Å². The SMILES string of the molecule is CC(C)(C)c1ccc(=O)n(CC2CCN(CC3OCCc4ccccc43)CC2)n1. The van der Waals surface area contributed by atoms with Gasteiger partial charge in [-0.2, -0.15) is 5.10 Å². The average molecular weight is 396 g/mol. The van der Waals surface area contributed by atoms with Crippen LogP contribution < -0.4 is 5.56 Å². The van der Waals surface area contributed by atoms with Gasteiger partial charge in [-0.3, -0.25) is 4.79 Å². The second-order valence-electron chi connectivity index (χ2n) is 9.54. The maximum Gasteiger partial charge on any atom is 0.266 e. The van der Waals surface area contributed by atoms with Crippen molar-refractivity contribution in [2.75, 3.05) is 26.2 Å². The van der Waals surface area contributed by atoms with Crippen molar-refractivity contribution >= 4 is 0 Å². The van der Waals surface area contributed by atoms with Crippen molar-refractivity contribution in [2.24, 2.45) is 5.92 Å². The molecule has 1 aromatic carbocycles. The summed E-state index contributed by atoms with van der Waals surface area (Å²) in [6.07, 6.45) is 3.40. The zero-order chi connectivity index (χ0) is 20.4. The number of nitrogens with zero attached hydrogens (tertiary/aromatic N) is 3. The van der Waals surface area contributed by atoms with Crippen LogP contribution in [0.25, 0.3) is 0 Å². The Morgan fingerprint density at radius 2 is 1.83 bits per heavy atom. The van der Waals surface area contributed by atoms with Gasteiger partial charge in [-0.15, -0.1) is 0 Å². The summed E-state index contributed by atoms with van der Waals surface area (Å²) in [4.78, 5) is 14.8. The van der Waals surface area contributed by atoms with Crippen LogP contribution in [-0.2, 0) is 23.1 Å². The summed E-state index contributed by atoms with van der Waals surface area (Å²) in [5.41, 5.74) is 3.73. The number of likely N-dealkylation sites (tertiary alicyclic amines) is 1. The predicted molar refractivity (Wildman–Crippen MR) is 115 cm³/mol. The van der Waals surface area contributed by atoms with Gasteiger partial charge in [0.25, 0.3) is 5.56 Å². The molecule has 2 aromatic rings. The first-order chi connectivity index (χ1) is 13.9. The van der Waals surface area contributed by atoms with E-state index in [2.05, 4.69) is 55.0 Å². The summed E-state index contributed by atoms with van der Waals surface area (Å²) in [6, 6.07) is 12.2. The first-order valence-electron chi connectivity index (χ1n) is 10.9. The van der Waals surface area contributed by atoms with E-state index in [1.165, 1.54) is 11.1 Å². The standard InChI is InChI=1S/C24H33N3O2/c1-24(2,3)22-8-9-23(28)27(25-22)16-18-10-13-26(14-11-18)17-21-20-7-5-4-6-19(20)12-15-29-21/h4-9,18,21H,10-17H2,1-3H3. The highest BCUT2D eigenvalue weighted by Gasteiger charge is 2.26. The van der Waals surface area contributed by atoms with Crippen LogP contribution >= 0.6 is 0 Å². The van der Waals surface area contributed by atoms with Crippen molar-refractivity contribution in [1.82, 2.24) is 14.7 Å². The molecule has 0 amide bonds. The van der Waals surface area contributed by atoms with Crippen LogP contribution in [0.5, 0.6) is 0 Å². The topological polar surface area (TPSA) is 47.4 Å². The molecule has 5 nitrogen and oxygen atoms in total. The molecule has 1 fully saturated rings. The molecule has 0 saturated carbocycles. The molecule has 29 heavy (non-hydrogen) atoms. The van der Waals surface area contributed by atoms with Crippen molar-refractivity contribution < 1.29 is 4.74 Å². The molecule has 0 N–H and O–H groups in total. The Balaban J connectivity index is 1.35. The van der Waals surface area contributed by atoms with E-state index in [4.69, 9.17) is 4.74 Å². The molecular formula is C24H33N3O2. The molecule has 1 unspecified atom stereocenters. The lowest BCUT2D eigenvalue weighted by Gasteiger charge is -2.36. The third kappa shape index (κ3) is 4.78. The van der Waals surface area contributed by atoms with Gasteiger partial charge in [-0.1, -0.05) is 45.0 Å². The molecule has 2 aliphatic rings. The Bertz CT molecular complexity index is 891. The zero-order valence-electron chi connectivity index (χ0n) is 17.9. The van der Waals surface area contributed by atoms with E-state index in [9.17, 15) is 4.79 Å². The fraction of sp³-hybridized carbons (Fsp3) is 0.583. The lowest BCUT2D eigenvalue weighted by Crippen LogP contribution is -2.40. The van der Waals surface area contributed by atoms with E-state index in [0.29, 0.717) is 5.92 Å². The summed E-state index contributed by atoms with van der Waals surface area (Å²) in [5, 5.41) is 4.65. The molecule has 5 heteroatoms. The molecule has 1 saturated heterocycles. The van der Waals surface area contributed by atoms with Gasteiger partial charge in [0.15, 0.2) is 0 Å². The summed E-state index contributed by atoms with van der Waals surface area (Å²) in [7, 11) is 0. The van der Waals surface area contributed by atoms with Gasteiger partial charge in [-0.25, -0.2) is 4.68 Å². The Hall–Kier alpha value is -1.98. The molecule has 4 rings (SSSR count). The van der Waals surface area contributed by atoms with Crippen molar-refractivity contribution in [1.29, 1.82) is 0 Å². The van der Waals surface area contributed by atoms with Crippen molar-refractivity contribution in [2.45, 2.75) is 58.1 Å². The van der Waals surface area contributed by atoms with Crippen LogP contribution in [0.4, 0.5) is 0 Å². The number of piperidine rings is 1. The molecular weight excluding hydrogens is 362 g/mol. The molecule has 0 bridgehead atoms. The van der Waals surface area contributed by atoms with Gasteiger partial charge < -0.3 is 9.64 Å². The highest BCUT2D eigenvalue weighted by atomic mass is 16.5. The van der Waals surface area contributed by atoms with E-state index >= 15 is 0 Å². The molecule has 0 radical (unpaired) electrons. The summed E-state index contributed by atoms with van der Waals surface area (Å²) in [5.74, 6) is 0.506. The van der Waals surface area contributed by atoms with E-state index in [0.717, 1.165) is 57.7 Å². The number of hydrogen-bond acceptors (Lipinski definition) is 4. The number of hydrogen-bond donors (Lipinski definition) is 0. The molecule has 156 valence electrons. The largest absolute Gasteiger partial charge is 0.372 e. The van der Waals surface area contributed by atoms with Gasteiger partial charge in [0, 0.05) is 24.6 Å². The van der Waals surface area contributed by atoms with Crippen LogP contribution in [0.2, 0.25) is 0 Å². The molecule has 0 aliphatic carbocycles. The summed E-state index contributed by atoms with van der Waals surface area (Å²) >= 11 is 0. The second-order valence-corrected chi connectivity index (χ2v) is 9.54. The van der Waals surface area contributed by atoms with Crippen molar-refractivity contribution in [3.63, 3.8) is 0 Å². The van der Waals surface area contributed by atoms with E-state index in [-0.39, 0.29) is 17.1 Å². The second kappa shape index (κ2) is 8.41. The highest BCUT2D eigenvalue weighted by molar-refractivity contribution is 5.31. The zero-order valence-corrected chi connectivity index (χ0v) is 17.9. The third-order valence-electron chi connectivity index (χ3n) is 6.29. The summed E-state index contributed by atoms with van der Waals surface area (Å²) < 4.78 is 7.78. The molecule has 3 heterocycles. The van der Waals surface area contributed by atoms with Crippen LogP contribution in [0, 0.1) is 5.92 Å². The Morgan fingerprint density at radius 1 is 1.07 bits per heavy atom. The normalized spacial score (nSPS) is 21.1. The Labute approximate surface area is 173 Å². The smallest absolute Gasteiger partial charge is 0.266 e. The number of aromatic nitrogens is 2. The fourth-order valence-electron chi connectivity index (χ4n) is 4.44. The Morgan fingerprint density at radius 3 is 2.59 bits per heavy atom.